The Balaban J connectivity index is 1.52. The number of aryl methyl sites for hydroxylation is 1. The average Bonchev–Trinajstić information content (AvgIpc) is 3.12. The molecule has 24 heavy (non-hydrogen) atoms. The molecule has 0 spiro atoms. The van der Waals surface area contributed by atoms with Gasteiger partial charge in [0.15, 0.2) is 9.84 Å². The van der Waals surface area contributed by atoms with Gasteiger partial charge in [-0.3, -0.25) is 4.79 Å². The summed E-state index contributed by atoms with van der Waals surface area (Å²) in [6, 6.07) is 6.73. The number of aromatic nitrogens is 2. The lowest BCUT2D eigenvalue weighted by Crippen LogP contribution is -2.35. The number of nitrogens with zero attached hydrogens (tertiary/aromatic N) is 2. The van der Waals surface area contributed by atoms with Crippen molar-refractivity contribution in [1.82, 2.24) is 15.5 Å². The molecular formula is C15H16ClN3O4S. The maximum atomic E-state index is 11.9. The van der Waals surface area contributed by atoms with Crippen molar-refractivity contribution >= 4 is 27.3 Å². The van der Waals surface area contributed by atoms with Crippen molar-refractivity contribution < 1.29 is 17.7 Å². The standard InChI is InChI=1S/C15H16ClN3O4S/c16-11-3-1-10(2-4-11)15-18-14(23-19-15)6-5-13(20)17-12-7-8-24(21,22)9-12/h1-4,12H,5-9H2,(H,17,20). The second-order valence-corrected chi connectivity index (χ2v) is 8.35. The summed E-state index contributed by atoms with van der Waals surface area (Å²) in [6.07, 6.45) is 0.931. The van der Waals surface area contributed by atoms with E-state index in [0.717, 1.165) is 5.56 Å². The highest BCUT2D eigenvalue weighted by Gasteiger charge is 2.28. The summed E-state index contributed by atoms with van der Waals surface area (Å²) in [7, 11) is -3.00. The third kappa shape index (κ3) is 4.33. The van der Waals surface area contributed by atoms with Crippen LogP contribution in [0.5, 0.6) is 0 Å². The number of benzene rings is 1. The first-order valence-corrected chi connectivity index (χ1v) is 9.69. The summed E-state index contributed by atoms with van der Waals surface area (Å²) in [4.78, 5) is 16.1. The van der Waals surface area contributed by atoms with Crippen LogP contribution in [0.4, 0.5) is 0 Å². The van der Waals surface area contributed by atoms with Gasteiger partial charge < -0.3 is 9.84 Å². The van der Waals surface area contributed by atoms with Crippen LogP contribution in [0.1, 0.15) is 18.7 Å². The van der Waals surface area contributed by atoms with Gasteiger partial charge in [0.05, 0.1) is 11.5 Å². The zero-order valence-electron chi connectivity index (χ0n) is 12.7. The van der Waals surface area contributed by atoms with Crippen LogP contribution in [0.2, 0.25) is 5.02 Å². The predicted molar refractivity (Wildman–Crippen MR) is 88.3 cm³/mol. The van der Waals surface area contributed by atoms with Gasteiger partial charge in [-0.15, -0.1) is 0 Å². The SMILES string of the molecule is O=C(CCc1nc(-c2ccc(Cl)cc2)no1)NC1CCS(=O)(=O)C1. The van der Waals surface area contributed by atoms with E-state index in [-0.39, 0.29) is 29.9 Å². The molecule has 0 saturated carbocycles. The molecule has 1 unspecified atom stereocenters. The van der Waals surface area contributed by atoms with Gasteiger partial charge in [0, 0.05) is 29.5 Å². The molecule has 1 aromatic heterocycles. The van der Waals surface area contributed by atoms with E-state index in [9.17, 15) is 13.2 Å². The van der Waals surface area contributed by atoms with Gasteiger partial charge in [-0.2, -0.15) is 4.98 Å². The Labute approximate surface area is 144 Å². The third-order valence-corrected chi connectivity index (χ3v) is 5.75. The fourth-order valence-corrected chi connectivity index (χ4v) is 4.30. The van der Waals surface area contributed by atoms with E-state index in [0.29, 0.717) is 29.6 Å². The number of amides is 1. The molecule has 1 amide bonds. The summed E-state index contributed by atoms with van der Waals surface area (Å²) in [5.74, 6) is 0.716. The Kier molecular flexibility index (Phi) is 4.86. The Morgan fingerprint density at radius 2 is 2.08 bits per heavy atom. The number of nitrogens with one attached hydrogen (secondary N) is 1. The first kappa shape index (κ1) is 16.9. The Hall–Kier alpha value is -1.93. The molecule has 7 nitrogen and oxygen atoms in total. The summed E-state index contributed by atoms with van der Waals surface area (Å²) in [5, 5.41) is 7.22. The number of sulfone groups is 1. The highest BCUT2D eigenvalue weighted by molar-refractivity contribution is 7.91. The van der Waals surface area contributed by atoms with Crippen molar-refractivity contribution in [3.8, 4) is 11.4 Å². The minimum absolute atomic E-state index is 0.0139. The van der Waals surface area contributed by atoms with Gasteiger partial charge in [-0.05, 0) is 30.7 Å². The van der Waals surface area contributed by atoms with Gasteiger partial charge in [0.25, 0.3) is 0 Å². The molecule has 2 aromatic rings. The van der Waals surface area contributed by atoms with Gasteiger partial charge in [-0.1, -0.05) is 16.8 Å². The maximum absolute atomic E-state index is 11.9. The summed E-state index contributed by atoms with van der Waals surface area (Å²) < 4.78 is 27.9. The summed E-state index contributed by atoms with van der Waals surface area (Å²) in [6.45, 7) is 0. The molecule has 1 atom stereocenters. The monoisotopic (exact) mass is 369 g/mol. The fraction of sp³-hybridized carbons (Fsp3) is 0.400. The number of halogens is 1. The van der Waals surface area contributed by atoms with Crippen molar-refractivity contribution in [1.29, 1.82) is 0 Å². The molecule has 1 aromatic carbocycles. The molecule has 128 valence electrons. The molecule has 2 heterocycles. The van der Waals surface area contributed by atoms with Crippen LogP contribution in [-0.2, 0) is 21.1 Å². The van der Waals surface area contributed by atoms with E-state index in [1.165, 1.54) is 0 Å². The van der Waals surface area contributed by atoms with E-state index in [4.69, 9.17) is 16.1 Å². The molecule has 3 rings (SSSR count). The summed E-state index contributed by atoms with van der Waals surface area (Å²) in [5.41, 5.74) is 0.773. The fourth-order valence-electron chi connectivity index (χ4n) is 2.50. The van der Waals surface area contributed by atoms with Crippen LogP contribution in [0, 0.1) is 0 Å². The zero-order valence-corrected chi connectivity index (χ0v) is 14.3. The topological polar surface area (TPSA) is 102 Å². The molecule has 1 saturated heterocycles. The number of carbonyl (C=O) groups is 1. The van der Waals surface area contributed by atoms with Crippen LogP contribution >= 0.6 is 11.6 Å². The molecule has 1 aliphatic rings. The Morgan fingerprint density at radius 3 is 2.75 bits per heavy atom. The minimum Gasteiger partial charge on any atom is -0.352 e. The molecule has 1 aliphatic heterocycles. The third-order valence-electron chi connectivity index (χ3n) is 3.73. The number of hydrogen-bond acceptors (Lipinski definition) is 6. The minimum atomic E-state index is -3.00. The van der Waals surface area contributed by atoms with Gasteiger partial charge in [-0.25, -0.2) is 8.42 Å². The number of rotatable bonds is 5. The van der Waals surface area contributed by atoms with E-state index in [2.05, 4.69) is 15.5 Å². The highest BCUT2D eigenvalue weighted by Crippen LogP contribution is 2.19. The van der Waals surface area contributed by atoms with Gasteiger partial charge in [0.2, 0.25) is 17.6 Å². The molecule has 9 heteroatoms. The van der Waals surface area contributed by atoms with E-state index in [1.807, 2.05) is 0 Å². The molecular weight excluding hydrogens is 354 g/mol. The lowest BCUT2D eigenvalue weighted by molar-refractivity contribution is -0.121. The maximum Gasteiger partial charge on any atom is 0.227 e. The molecule has 0 radical (unpaired) electrons. The van der Waals surface area contributed by atoms with Crippen molar-refractivity contribution in [3.05, 3.63) is 35.2 Å². The smallest absolute Gasteiger partial charge is 0.227 e. The Bertz CT molecular complexity index is 833. The Morgan fingerprint density at radius 1 is 1.33 bits per heavy atom. The largest absolute Gasteiger partial charge is 0.352 e. The average molecular weight is 370 g/mol. The molecule has 0 aliphatic carbocycles. The molecule has 1 N–H and O–H groups in total. The van der Waals surface area contributed by atoms with E-state index >= 15 is 0 Å². The number of carbonyl (C=O) groups excluding carboxylic acids is 1. The molecule has 0 bridgehead atoms. The lowest BCUT2D eigenvalue weighted by Gasteiger charge is -2.09. The first-order valence-electron chi connectivity index (χ1n) is 7.49. The van der Waals surface area contributed by atoms with Gasteiger partial charge in [0.1, 0.15) is 0 Å². The van der Waals surface area contributed by atoms with Crippen LogP contribution in [0.25, 0.3) is 11.4 Å². The van der Waals surface area contributed by atoms with E-state index < -0.39 is 9.84 Å². The number of hydrogen-bond donors (Lipinski definition) is 1. The van der Waals surface area contributed by atoms with Crippen molar-refractivity contribution in [3.63, 3.8) is 0 Å². The van der Waals surface area contributed by atoms with Crippen LogP contribution in [0.15, 0.2) is 28.8 Å². The van der Waals surface area contributed by atoms with Crippen molar-refractivity contribution in [2.45, 2.75) is 25.3 Å². The molecule has 1 fully saturated rings. The lowest BCUT2D eigenvalue weighted by atomic mass is 10.2. The summed E-state index contributed by atoms with van der Waals surface area (Å²) >= 11 is 5.83. The highest BCUT2D eigenvalue weighted by atomic mass is 35.5. The second kappa shape index (κ2) is 6.90. The first-order chi connectivity index (χ1) is 11.4. The predicted octanol–water partition coefficient (Wildman–Crippen LogP) is 1.63. The van der Waals surface area contributed by atoms with Crippen LogP contribution in [-0.4, -0.2) is 42.0 Å². The van der Waals surface area contributed by atoms with Crippen LogP contribution in [0.3, 0.4) is 0 Å². The van der Waals surface area contributed by atoms with Gasteiger partial charge >= 0.3 is 0 Å². The second-order valence-electron chi connectivity index (χ2n) is 5.69. The van der Waals surface area contributed by atoms with Crippen molar-refractivity contribution in [2.75, 3.05) is 11.5 Å². The normalized spacial score (nSPS) is 19.3. The van der Waals surface area contributed by atoms with Crippen molar-refractivity contribution in [2.24, 2.45) is 0 Å². The van der Waals surface area contributed by atoms with Crippen LogP contribution < -0.4 is 5.32 Å². The quantitative estimate of drug-likeness (QED) is 0.859. The zero-order chi connectivity index (χ0) is 17.2. The van der Waals surface area contributed by atoms with E-state index in [1.54, 1.807) is 24.3 Å².